The van der Waals surface area contributed by atoms with Crippen LogP contribution in [0.3, 0.4) is 0 Å². The fraction of sp³-hybridized carbons (Fsp3) is 0.208. The molecule has 0 radical (unpaired) electrons. The van der Waals surface area contributed by atoms with Gasteiger partial charge in [-0.1, -0.05) is 60.3 Å². The summed E-state index contributed by atoms with van der Waals surface area (Å²) in [6, 6.07) is 18.9. The lowest BCUT2D eigenvalue weighted by Crippen LogP contribution is -2.07. The molecule has 0 unspecified atom stereocenters. The third-order valence-corrected chi connectivity index (χ3v) is 6.44. The average Bonchev–Trinajstić information content (AvgIpc) is 3.55. The first-order valence-corrected chi connectivity index (χ1v) is 11.5. The topological polar surface area (TPSA) is 75.2 Å². The summed E-state index contributed by atoms with van der Waals surface area (Å²) in [5.41, 5.74) is 4.78. The molecule has 2 N–H and O–H groups in total. The summed E-state index contributed by atoms with van der Waals surface area (Å²) in [7, 11) is 0. The summed E-state index contributed by atoms with van der Waals surface area (Å²) in [5, 5.41) is 11.3. The number of fused-ring (bicyclic) bond motifs is 1. The lowest BCUT2D eigenvalue weighted by Gasteiger charge is -2.10. The number of para-hydroxylation sites is 1. The number of thioether (sulfide) groups is 1. The highest BCUT2D eigenvalue weighted by Crippen LogP contribution is 2.25. The molecule has 0 saturated carbocycles. The zero-order valence-corrected chi connectivity index (χ0v) is 18.0. The van der Waals surface area contributed by atoms with Gasteiger partial charge in [-0.3, -0.25) is 0 Å². The molecule has 7 heteroatoms. The minimum absolute atomic E-state index is 0.755. The number of aromatic amines is 2. The van der Waals surface area contributed by atoms with E-state index in [1.807, 2.05) is 12.3 Å². The number of nitrogens with zero attached hydrogens (tertiary/aromatic N) is 4. The Bertz CT molecular complexity index is 1240. The van der Waals surface area contributed by atoms with Gasteiger partial charge in [0.15, 0.2) is 5.16 Å². The second-order valence-corrected chi connectivity index (χ2v) is 8.47. The summed E-state index contributed by atoms with van der Waals surface area (Å²) in [5.74, 6) is 1.88. The molecule has 2 aromatic carbocycles. The molecule has 31 heavy (non-hydrogen) atoms. The van der Waals surface area contributed by atoms with Gasteiger partial charge in [-0.25, -0.2) is 4.98 Å². The van der Waals surface area contributed by atoms with Gasteiger partial charge in [0, 0.05) is 42.0 Å². The van der Waals surface area contributed by atoms with Crippen molar-refractivity contribution in [2.24, 2.45) is 0 Å². The van der Waals surface area contributed by atoms with Crippen LogP contribution in [0.15, 0.2) is 78.5 Å². The van der Waals surface area contributed by atoms with Crippen LogP contribution in [0.1, 0.15) is 29.1 Å². The minimum atomic E-state index is 0.755. The number of rotatable bonds is 9. The number of aromatic nitrogens is 6. The van der Waals surface area contributed by atoms with Crippen LogP contribution in [-0.4, -0.2) is 29.7 Å². The third-order valence-electron chi connectivity index (χ3n) is 5.40. The molecule has 0 saturated heterocycles. The van der Waals surface area contributed by atoms with Crippen LogP contribution < -0.4 is 0 Å². The lowest BCUT2D eigenvalue weighted by molar-refractivity contribution is 0.572. The van der Waals surface area contributed by atoms with Crippen molar-refractivity contribution in [3.8, 4) is 0 Å². The van der Waals surface area contributed by atoms with E-state index < -0.39 is 0 Å². The summed E-state index contributed by atoms with van der Waals surface area (Å²) in [6.45, 7) is 0.870. The third kappa shape index (κ3) is 4.56. The number of nitrogens with one attached hydrogen (secondary N) is 2. The highest BCUT2D eigenvalue weighted by atomic mass is 32.2. The molecule has 0 spiro atoms. The second kappa shape index (κ2) is 9.22. The van der Waals surface area contributed by atoms with Gasteiger partial charge in [-0.05, 0) is 30.0 Å². The summed E-state index contributed by atoms with van der Waals surface area (Å²) < 4.78 is 2.28. The molecule has 0 fully saturated rings. The van der Waals surface area contributed by atoms with Crippen LogP contribution in [0.25, 0.3) is 10.9 Å². The van der Waals surface area contributed by atoms with E-state index in [0.29, 0.717) is 0 Å². The SMILES string of the molecule is c1ccc(CSc2nnc(Cc3c[nH]c4ccccc34)n2CCCc2c[nH]cn2)cc1. The van der Waals surface area contributed by atoms with Crippen LogP contribution >= 0.6 is 11.8 Å². The van der Waals surface area contributed by atoms with Gasteiger partial charge in [0.05, 0.1) is 12.0 Å². The summed E-state index contributed by atoms with van der Waals surface area (Å²) >= 11 is 1.74. The monoisotopic (exact) mass is 428 g/mol. The van der Waals surface area contributed by atoms with Crippen LogP contribution in [0.5, 0.6) is 0 Å². The zero-order valence-electron chi connectivity index (χ0n) is 17.2. The average molecular weight is 429 g/mol. The first-order chi connectivity index (χ1) is 15.4. The normalized spacial score (nSPS) is 11.4. The van der Waals surface area contributed by atoms with Gasteiger partial charge >= 0.3 is 0 Å². The highest BCUT2D eigenvalue weighted by Gasteiger charge is 2.15. The van der Waals surface area contributed by atoms with Gasteiger partial charge in [0.1, 0.15) is 5.82 Å². The van der Waals surface area contributed by atoms with E-state index in [-0.39, 0.29) is 0 Å². The number of hydrogen-bond donors (Lipinski definition) is 2. The molecule has 3 heterocycles. The molecule has 3 aromatic heterocycles. The Hall–Kier alpha value is -3.32. The molecule has 156 valence electrons. The Kier molecular flexibility index (Phi) is 5.84. The van der Waals surface area contributed by atoms with Crippen LogP contribution in [0.4, 0.5) is 0 Å². The second-order valence-electron chi connectivity index (χ2n) is 7.53. The number of H-pyrrole nitrogens is 2. The maximum atomic E-state index is 4.58. The molecule has 5 aromatic rings. The van der Waals surface area contributed by atoms with Crippen molar-refractivity contribution < 1.29 is 0 Å². The molecule has 0 aliphatic rings. The van der Waals surface area contributed by atoms with Crippen molar-refractivity contribution >= 4 is 22.7 Å². The largest absolute Gasteiger partial charge is 0.361 e. The number of aryl methyl sites for hydroxylation is 1. The first-order valence-electron chi connectivity index (χ1n) is 10.5. The molecule has 0 amide bonds. The molecule has 0 aliphatic carbocycles. The van der Waals surface area contributed by atoms with Crippen molar-refractivity contribution in [1.29, 1.82) is 0 Å². The van der Waals surface area contributed by atoms with E-state index in [9.17, 15) is 0 Å². The Morgan fingerprint density at radius 1 is 0.935 bits per heavy atom. The number of imidazole rings is 1. The Morgan fingerprint density at radius 2 is 1.81 bits per heavy atom. The van der Waals surface area contributed by atoms with Crippen molar-refractivity contribution in [1.82, 2.24) is 29.7 Å². The van der Waals surface area contributed by atoms with Crippen molar-refractivity contribution in [3.63, 3.8) is 0 Å². The maximum absolute atomic E-state index is 4.58. The summed E-state index contributed by atoms with van der Waals surface area (Å²) in [4.78, 5) is 10.7. The first kappa shape index (κ1) is 19.6. The van der Waals surface area contributed by atoms with E-state index >= 15 is 0 Å². The number of benzene rings is 2. The van der Waals surface area contributed by atoms with E-state index in [2.05, 4.69) is 84.4 Å². The van der Waals surface area contributed by atoms with Crippen LogP contribution in [-0.2, 0) is 25.1 Å². The predicted molar refractivity (Wildman–Crippen MR) is 124 cm³/mol. The van der Waals surface area contributed by atoms with Gasteiger partial charge in [0.25, 0.3) is 0 Å². The Labute approximate surface area is 185 Å². The smallest absolute Gasteiger partial charge is 0.191 e. The van der Waals surface area contributed by atoms with Gasteiger partial charge < -0.3 is 14.5 Å². The molecule has 5 rings (SSSR count). The van der Waals surface area contributed by atoms with Crippen molar-refractivity contribution in [3.05, 3.63) is 96.0 Å². The van der Waals surface area contributed by atoms with Crippen molar-refractivity contribution in [2.45, 2.75) is 36.7 Å². The fourth-order valence-corrected chi connectivity index (χ4v) is 4.74. The van der Waals surface area contributed by atoms with Crippen LogP contribution in [0.2, 0.25) is 0 Å². The standard InChI is InChI=1S/C24H24N6S/c1-2-7-18(8-3-1)16-31-24-29-28-23(30(24)12-6-9-20-15-25-17-27-20)13-19-14-26-22-11-5-4-10-21(19)22/h1-5,7-8,10-11,14-15,17,26H,6,9,12-13,16H2,(H,25,27). The Morgan fingerprint density at radius 3 is 2.68 bits per heavy atom. The van der Waals surface area contributed by atoms with Gasteiger partial charge in [-0.15, -0.1) is 10.2 Å². The van der Waals surface area contributed by atoms with E-state index in [1.54, 1.807) is 18.1 Å². The van der Waals surface area contributed by atoms with Gasteiger partial charge in [-0.2, -0.15) is 0 Å². The van der Waals surface area contributed by atoms with Crippen LogP contribution in [0, 0.1) is 0 Å². The predicted octanol–water partition coefficient (Wildman–Crippen LogP) is 5.00. The molecule has 6 nitrogen and oxygen atoms in total. The molecular weight excluding hydrogens is 404 g/mol. The Balaban J connectivity index is 1.37. The van der Waals surface area contributed by atoms with E-state index in [1.165, 1.54) is 16.5 Å². The summed E-state index contributed by atoms with van der Waals surface area (Å²) in [6.07, 6.45) is 8.46. The van der Waals surface area contributed by atoms with E-state index in [4.69, 9.17) is 0 Å². The molecule has 0 bridgehead atoms. The zero-order chi connectivity index (χ0) is 20.9. The van der Waals surface area contributed by atoms with Crippen molar-refractivity contribution in [2.75, 3.05) is 0 Å². The minimum Gasteiger partial charge on any atom is -0.361 e. The van der Waals surface area contributed by atoms with Gasteiger partial charge in [0.2, 0.25) is 0 Å². The lowest BCUT2D eigenvalue weighted by atomic mass is 10.1. The molecular formula is C24H24N6S. The quantitative estimate of drug-likeness (QED) is 0.324. The fourth-order valence-electron chi connectivity index (χ4n) is 3.80. The maximum Gasteiger partial charge on any atom is 0.191 e. The molecule has 0 aliphatic heterocycles. The highest BCUT2D eigenvalue weighted by molar-refractivity contribution is 7.98. The number of hydrogen-bond acceptors (Lipinski definition) is 4. The van der Waals surface area contributed by atoms with E-state index in [0.717, 1.165) is 53.8 Å². The molecule has 0 atom stereocenters.